The first kappa shape index (κ1) is 20.7. The summed E-state index contributed by atoms with van der Waals surface area (Å²) in [5.74, 6) is -24.3. The SMILES string of the molecule is N#CC(C(=O)C(F)(F)F)=C(O)C(=O)C(F)(F)C(F)(F)C(F)(F)F. The molecule has 0 rings (SSSR count). The van der Waals surface area contributed by atoms with Crippen molar-refractivity contribution in [3.8, 4) is 6.07 Å². The fourth-order valence-electron chi connectivity index (χ4n) is 0.936. The Hall–Kier alpha value is -2.33. The molecule has 0 aliphatic carbocycles. The number of nitrogens with zero attached hydrogens (tertiary/aromatic N) is 1. The van der Waals surface area contributed by atoms with Gasteiger partial charge in [-0.2, -0.15) is 49.2 Å². The van der Waals surface area contributed by atoms with Crippen molar-refractivity contribution in [3.05, 3.63) is 11.3 Å². The Morgan fingerprint density at radius 3 is 1.48 bits per heavy atom. The lowest BCUT2D eigenvalue weighted by atomic mass is 10.0. The molecule has 0 aromatic carbocycles. The molecule has 0 fully saturated rings. The number of nitriles is 1. The van der Waals surface area contributed by atoms with Crippen molar-refractivity contribution in [3.63, 3.8) is 0 Å². The predicted octanol–water partition coefficient (Wildman–Crippen LogP) is 2.86. The predicted molar refractivity (Wildman–Crippen MR) is 47.3 cm³/mol. The standard InChI is InChI=1S/C9HF10NO3/c10-6(11,8(15,16)9(17,18)19)5(23)3(21)2(1-20)4(22)7(12,13)14/h21H. The van der Waals surface area contributed by atoms with Crippen LogP contribution in [0.4, 0.5) is 43.9 Å². The summed E-state index contributed by atoms with van der Waals surface area (Å²) in [6.45, 7) is 0. The van der Waals surface area contributed by atoms with E-state index in [1.165, 1.54) is 0 Å². The maximum atomic E-state index is 12.9. The van der Waals surface area contributed by atoms with Gasteiger partial charge in [0.2, 0.25) is 0 Å². The smallest absolute Gasteiger partial charge is 0.460 e. The van der Waals surface area contributed by atoms with E-state index < -0.39 is 47.1 Å². The molecule has 0 atom stereocenters. The molecule has 4 nitrogen and oxygen atoms in total. The van der Waals surface area contributed by atoms with Gasteiger partial charge in [0, 0.05) is 0 Å². The van der Waals surface area contributed by atoms with E-state index in [0.29, 0.717) is 0 Å². The Morgan fingerprint density at radius 2 is 1.22 bits per heavy atom. The lowest BCUT2D eigenvalue weighted by molar-refractivity contribution is -0.343. The summed E-state index contributed by atoms with van der Waals surface area (Å²) in [6, 6.07) is 0.131. The van der Waals surface area contributed by atoms with Crippen LogP contribution in [-0.4, -0.2) is 40.9 Å². The van der Waals surface area contributed by atoms with Crippen molar-refractivity contribution >= 4 is 11.6 Å². The Bertz CT molecular complexity index is 592. The molecule has 130 valence electrons. The van der Waals surface area contributed by atoms with Crippen LogP contribution in [0.2, 0.25) is 0 Å². The fourth-order valence-corrected chi connectivity index (χ4v) is 0.936. The van der Waals surface area contributed by atoms with Crippen LogP contribution >= 0.6 is 0 Å². The first-order chi connectivity index (χ1) is 9.92. The number of allylic oxidation sites excluding steroid dienone is 2. The van der Waals surface area contributed by atoms with Gasteiger partial charge in [-0.1, -0.05) is 0 Å². The van der Waals surface area contributed by atoms with E-state index in [0.717, 1.165) is 0 Å². The number of hydrogen-bond acceptors (Lipinski definition) is 4. The van der Waals surface area contributed by atoms with Crippen molar-refractivity contribution in [1.82, 2.24) is 0 Å². The lowest BCUT2D eigenvalue weighted by Crippen LogP contribution is -2.56. The molecular formula is C9HF10NO3. The molecule has 0 aromatic rings. The summed E-state index contributed by atoms with van der Waals surface area (Å²) in [5, 5.41) is 16.8. The van der Waals surface area contributed by atoms with Crippen molar-refractivity contribution in [2.75, 3.05) is 0 Å². The van der Waals surface area contributed by atoms with Crippen molar-refractivity contribution < 1.29 is 58.6 Å². The molecule has 0 amide bonds. The summed E-state index contributed by atoms with van der Waals surface area (Å²) < 4.78 is 122. The van der Waals surface area contributed by atoms with Crippen molar-refractivity contribution in [2.24, 2.45) is 0 Å². The quantitative estimate of drug-likeness (QED) is 0.362. The third kappa shape index (κ3) is 3.54. The maximum Gasteiger partial charge on any atom is 0.460 e. The number of halogens is 10. The monoisotopic (exact) mass is 361 g/mol. The summed E-state index contributed by atoms with van der Waals surface area (Å²) in [7, 11) is 0. The molecule has 0 unspecified atom stereocenters. The van der Waals surface area contributed by atoms with E-state index in [2.05, 4.69) is 0 Å². The summed E-state index contributed by atoms with van der Waals surface area (Å²) in [4.78, 5) is 21.3. The van der Waals surface area contributed by atoms with Gasteiger partial charge in [-0.05, 0) is 0 Å². The minimum atomic E-state index is -7.09. The maximum absolute atomic E-state index is 12.9. The number of aliphatic hydroxyl groups excluding tert-OH is 1. The van der Waals surface area contributed by atoms with Crippen LogP contribution < -0.4 is 0 Å². The van der Waals surface area contributed by atoms with Gasteiger partial charge in [-0.3, -0.25) is 9.59 Å². The first-order valence-electron chi connectivity index (χ1n) is 4.75. The Kier molecular flexibility index (Phi) is 5.13. The molecule has 23 heavy (non-hydrogen) atoms. The minimum Gasteiger partial charge on any atom is -0.503 e. The molecule has 0 heterocycles. The third-order valence-electron chi connectivity index (χ3n) is 2.08. The largest absolute Gasteiger partial charge is 0.503 e. The molecule has 0 radical (unpaired) electrons. The number of carbonyl (C=O) groups excluding carboxylic acids is 2. The Morgan fingerprint density at radius 1 is 0.826 bits per heavy atom. The van der Waals surface area contributed by atoms with Crippen LogP contribution in [-0.2, 0) is 9.59 Å². The Labute approximate surface area is 118 Å². The highest BCUT2D eigenvalue weighted by atomic mass is 19.4. The summed E-state index contributed by atoms with van der Waals surface area (Å²) >= 11 is 0. The number of hydrogen-bond donors (Lipinski definition) is 1. The van der Waals surface area contributed by atoms with Gasteiger partial charge >= 0.3 is 24.2 Å². The number of aliphatic hydroxyl groups is 1. The van der Waals surface area contributed by atoms with Gasteiger partial charge in [0.1, 0.15) is 6.07 Å². The molecule has 0 aromatic heterocycles. The molecule has 1 N–H and O–H groups in total. The highest BCUT2D eigenvalue weighted by Crippen LogP contribution is 2.47. The van der Waals surface area contributed by atoms with Crippen molar-refractivity contribution in [1.29, 1.82) is 5.26 Å². The van der Waals surface area contributed by atoms with Crippen LogP contribution in [0.25, 0.3) is 0 Å². The average Bonchev–Trinajstić information content (AvgIpc) is 2.35. The van der Waals surface area contributed by atoms with Gasteiger partial charge in [0.25, 0.3) is 11.6 Å². The molecule has 0 aliphatic heterocycles. The molecule has 0 saturated heterocycles. The van der Waals surface area contributed by atoms with Crippen LogP contribution in [0.3, 0.4) is 0 Å². The van der Waals surface area contributed by atoms with Crippen LogP contribution in [0, 0.1) is 11.3 Å². The second-order valence-electron chi connectivity index (χ2n) is 3.64. The van der Waals surface area contributed by atoms with Gasteiger partial charge in [0.05, 0.1) is 0 Å². The van der Waals surface area contributed by atoms with E-state index in [1.54, 1.807) is 0 Å². The molecule has 0 saturated carbocycles. The average molecular weight is 361 g/mol. The minimum absolute atomic E-state index is 0.131. The normalized spacial score (nSPS) is 14.8. The third-order valence-corrected chi connectivity index (χ3v) is 2.08. The van der Waals surface area contributed by atoms with Gasteiger partial charge in [-0.25, -0.2) is 0 Å². The number of rotatable bonds is 4. The Balaban J connectivity index is 6.17. The molecule has 0 spiro atoms. The van der Waals surface area contributed by atoms with Crippen LogP contribution in [0.15, 0.2) is 11.3 Å². The van der Waals surface area contributed by atoms with Gasteiger partial charge in [-0.15, -0.1) is 0 Å². The number of Topliss-reactive ketones (excluding diaryl/α,β-unsaturated/α-hetero) is 2. The van der Waals surface area contributed by atoms with E-state index in [4.69, 9.17) is 10.4 Å². The highest BCUT2D eigenvalue weighted by Gasteiger charge is 2.76. The zero-order valence-corrected chi connectivity index (χ0v) is 9.99. The zero-order valence-electron chi connectivity index (χ0n) is 9.99. The molecule has 0 aliphatic rings. The first-order valence-corrected chi connectivity index (χ1v) is 4.75. The molecule has 0 bridgehead atoms. The highest BCUT2D eigenvalue weighted by molar-refractivity contribution is 6.11. The molecular weight excluding hydrogens is 360 g/mol. The number of carbonyl (C=O) groups is 2. The van der Waals surface area contributed by atoms with Gasteiger partial charge in [0.15, 0.2) is 11.3 Å². The topological polar surface area (TPSA) is 78.2 Å². The van der Waals surface area contributed by atoms with E-state index in [-0.39, 0.29) is 6.07 Å². The van der Waals surface area contributed by atoms with E-state index >= 15 is 0 Å². The zero-order chi connectivity index (χ0) is 19.0. The number of ketones is 2. The summed E-state index contributed by atoms with van der Waals surface area (Å²) in [6.07, 6.45) is -13.0. The summed E-state index contributed by atoms with van der Waals surface area (Å²) in [5.41, 5.74) is -2.76. The van der Waals surface area contributed by atoms with E-state index in [1.807, 2.05) is 0 Å². The van der Waals surface area contributed by atoms with Crippen LogP contribution in [0.1, 0.15) is 0 Å². The second-order valence-corrected chi connectivity index (χ2v) is 3.64. The second kappa shape index (κ2) is 5.70. The number of alkyl halides is 10. The lowest BCUT2D eigenvalue weighted by Gasteiger charge is -2.26. The van der Waals surface area contributed by atoms with E-state index in [9.17, 15) is 53.5 Å². The molecule has 14 heteroatoms. The van der Waals surface area contributed by atoms with Crippen molar-refractivity contribution in [2.45, 2.75) is 24.2 Å². The fraction of sp³-hybridized carbons (Fsp3) is 0.444. The van der Waals surface area contributed by atoms with Gasteiger partial charge < -0.3 is 5.11 Å². The van der Waals surface area contributed by atoms with Crippen LogP contribution in [0.5, 0.6) is 0 Å².